The minimum atomic E-state index is -4.78. The molecule has 1 saturated heterocycles. The molecule has 1 aliphatic heterocycles. The van der Waals surface area contributed by atoms with Gasteiger partial charge in [-0.15, -0.1) is 0 Å². The van der Waals surface area contributed by atoms with Gasteiger partial charge in [-0.05, 0) is 0 Å². The van der Waals surface area contributed by atoms with Crippen LogP contribution in [0.15, 0.2) is 0 Å². The van der Waals surface area contributed by atoms with Crippen molar-refractivity contribution in [2.24, 2.45) is 5.73 Å². The van der Waals surface area contributed by atoms with E-state index in [1.165, 1.54) is 24.8 Å². The molecule has 0 aliphatic carbocycles. The van der Waals surface area contributed by atoms with Crippen LogP contribution >= 0.6 is 0 Å². The van der Waals surface area contributed by atoms with Gasteiger partial charge >= 0.3 is 62.9 Å². The van der Waals surface area contributed by atoms with Crippen LogP contribution in [0.3, 0.4) is 0 Å². The van der Waals surface area contributed by atoms with Crippen LogP contribution in [0.2, 0.25) is 0 Å². The molecular formula is C11H15FeN8. The number of rotatable bonds is 2. The summed E-state index contributed by atoms with van der Waals surface area (Å²) >= 11 is -4.78. The van der Waals surface area contributed by atoms with Gasteiger partial charge in [0.1, 0.15) is 0 Å². The molecule has 0 aromatic carbocycles. The number of nitrogens with one attached hydrogen (secondary N) is 1. The summed E-state index contributed by atoms with van der Waals surface area (Å²) in [5.41, 5.74) is 5.40. The van der Waals surface area contributed by atoms with Gasteiger partial charge in [0.2, 0.25) is 0 Å². The van der Waals surface area contributed by atoms with Gasteiger partial charge in [0.15, 0.2) is 0 Å². The van der Waals surface area contributed by atoms with Gasteiger partial charge in [-0.2, -0.15) is 0 Å². The van der Waals surface area contributed by atoms with Gasteiger partial charge in [-0.3, -0.25) is 4.90 Å². The Morgan fingerprint density at radius 3 is 1.55 bits per heavy atom. The molecule has 0 unspecified atom stereocenters. The molecule has 8 nitrogen and oxygen atoms in total. The van der Waals surface area contributed by atoms with Crippen LogP contribution in [0.4, 0.5) is 0 Å². The molecule has 0 aromatic rings. The fourth-order valence-electron chi connectivity index (χ4n) is 1.29. The zero-order valence-electron chi connectivity index (χ0n) is 10.9. The van der Waals surface area contributed by atoms with Crippen LogP contribution in [-0.4, -0.2) is 44.2 Å². The van der Waals surface area contributed by atoms with Crippen molar-refractivity contribution in [1.29, 1.82) is 26.3 Å². The molecule has 1 aliphatic rings. The molecule has 0 radical (unpaired) electrons. The van der Waals surface area contributed by atoms with E-state index in [4.69, 9.17) is 32.0 Å². The van der Waals surface area contributed by atoms with Crippen LogP contribution < -0.4 is 11.1 Å². The number of piperazine rings is 1. The average molecular weight is 315 g/mol. The molecule has 0 saturated carbocycles. The van der Waals surface area contributed by atoms with Crippen molar-refractivity contribution in [1.82, 2.24) is 10.2 Å². The second-order valence-electron chi connectivity index (χ2n) is 3.66. The van der Waals surface area contributed by atoms with Crippen molar-refractivity contribution < 1.29 is 11.8 Å². The summed E-state index contributed by atoms with van der Waals surface area (Å²) in [5.74, 6) is 0. The van der Waals surface area contributed by atoms with E-state index in [0.717, 1.165) is 39.3 Å². The fraction of sp³-hybridized carbons (Fsp3) is 0.545. The molecule has 1 fully saturated rings. The monoisotopic (exact) mass is 315 g/mol. The minimum Gasteiger partial charge on any atom is -0.329 e. The maximum absolute atomic E-state index is 8.35. The van der Waals surface area contributed by atoms with Crippen molar-refractivity contribution in [3.63, 3.8) is 0 Å². The Labute approximate surface area is 118 Å². The first-order chi connectivity index (χ1) is 9.55. The van der Waals surface area contributed by atoms with Crippen LogP contribution in [-0.2, 0) is 11.8 Å². The zero-order chi connectivity index (χ0) is 15.5. The van der Waals surface area contributed by atoms with E-state index in [0.29, 0.717) is 0 Å². The predicted molar refractivity (Wildman–Crippen MR) is 66.4 cm³/mol. The number of hydrogen-bond donors (Lipinski definition) is 2. The largest absolute Gasteiger partial charge is 0.329 e. The average Bonchev–Trinajstić information content (AvgIpc) is 2.54. The molecule has 0 amide bonds. The molecule has 3 N–H and O–H groups in total. The third-order valence-electron chi connectivity index (χ3n) is 2.45. The van der Waals surface area contributed by atoms with Crippen molar-refractivity contribution in [2.75, 3.05) is 39.3 Å². The molecular weight excluding hydrogens is 300 g/mol. The van der Waals surface area contributed by atoms with Crippen LogP contribution in [0.25, 0.3) is 0 Å². The second-order valence-corrected chi connectivity index (χ2v) is 7.65. The van der Waals surface area contributed by atoms with Crippen LogP contribution in [0.5, 0.6) is 0 Å². The summed E-state index contributed by atoms with van der Waals surface area (Å²) < 4.78 is 0. The Morgan fingerprint density at radius 1 is 0.900 bits per heavy atom. The molecule has 0 aromatic heterocycles. The number of hydrogen-bond acceptors (Lipinski definition) is 8. The molecule has 9 heteroatoms. The van der Waals surface area contributed by atoms with Crippen molar-refractivity contribution in [2.45, 2.75) is 0 Å². The van der Waals surface area contributed by atoms with Gasteiger partial charge in [0, 0.05) is 39.3 Å². The van der Waals surface area contributed by atoms with Crippen LogP contribution in [0, 0.1) is 51.1 Å². The molecule has 107 valence electrons. The topological polar surface area (TPSA) is 160 Å². The van der Waals surface area contributed by atoms with E-state index in [1.807, 2.05) is 0 Å². The maximum atomic E-state index is 8.35. The first-order valence-corrected chi connectivity index (χ1v) is 8.33. The Bertz CT molecular complexity index is 430. The van der Waals surface area contributed by atoms with Crippen molar-refractivity contribution in [3.8, 4) is 24.8 Å². The Balaban J connectivity index is 0.000000367. The summed E-state index contributed by atoms with van der Waals surface area (Å²) in [6.45, 7) is 6.43. The molecule has 0 atom stereocenters. The Morgan fingerprint density at radius 2 is 1.30 bits per heavy atom. The number of nitrogens with two attached hydrogens (primary N) is 1. The van der Waals surface area contributed by atoms with E-state index < -0.39 is 11.8 Å². The fourth-order valence-corrected chi connectivity index (χ4v) is 1.85. The Kier molecular flexibility index (Phi) is 7.24. The van der Waals surface area contributed by atoms with Gasteiger partial charge < -0.3 is 11.1 Å². The maximum Gasteiger partial charge on any atom is 0.0108 e. The molecule has 1 heterocycles. The van der Waals surface area contributed by atoms with Gasteiger partial charge in [0.25, 0.3) is 0 Å². The van der Waals surface area contributed by atoms with Gasteiger partial charge in [0.05, 0.1) is 0 Å². The van der Waals surface area contributed by atoms with E-state index in [2.05, 4.69) is 10.2 Å². The van der Waals surface area contributed by atoms with E-state index >= 15 is 0 Å². The van der Waals surface area contributed by atoms with Gasteiger partial charge in [-0.25, -0.2) is 0 Å². The van der Waals surface area contributed by atoms with E-state index in [-0.39, 0.29) is 0 Å². The summed E-state index contributed by atoms with van der Waals surface area (Å²) in [6, 6.07) is 0. The summed E-state index contributed by atoms with van der Waals surface area (Å²) in [7, 11) is 0. The third-order valence-corrected chi connectivity index (χ3v) is 4.91. The quantitative estimate of drug-likeness (QED) is 0.609. The normalized spacial score (nSPS) is 16.3. The van der Waals surface area contributed by atoms with E-state index in [9.17, 15) is 0 Å². The summed E-state index contributed by atoms with van der Waals surface area (Å²) in [4.78, 5) is 8.51. The predicted octanol–water partition coefficient (Wildman–Crippen LogP) is -1.07. The van der Waals surface area contributed by atoms with Crippen LogP contribution in [0.1, 0.15) is 0 Å². The van der Waals surface area contributed by atoms with Gasteiger partial charge in [-0.1, -0.05) is 0 Å². The first-order valence-electron chi connectivity index (χ1n) is 5.57. The molecule has 20 heavy (non-hydrogen) atoms. The summed E-state index contributed by atoms with van der Waals surface area (Å²) in [5, 5.41) is 45.0. The van der Waals surface area contributed by atoms with E-state index in [1.54, 1.807) is 0 Å². The van der Waals surface area contributed by atoms with Crippen molar-refractivity contribution >= 4 is 0 Å². The van der Waals surface area contributed by atoms with Crippen molar-refractivity contribution in [3.05, 3.63) is 0 Å². The number of nitrogens with zero attached hydrogens (tertiary/aromatic N) is 6. The third kappa shape index (κ3) is 4.20. The summed E-state index contributed by atoms with van der Waals surface area (Å²) in [6.07, 6.45) is 0. The molecule has 0 bridgehead atoms. The molecule has 0 spiro atoms. The minimum absolute atomic E-state index is 0.792. The zero-order valence-corrected chi connectivity index (χ0v) is 12.0. The smallest absolute Gasteiger partial charge is 0.0108 e. The first kappa shape index (κ1) is 17.8. The molecule has 1 rings (SSSR count). The Hall–Kier alpha value is -2.15. The standard InChI is InChI=1S/C6H15N3.5CN.Fe/c7-1-4-9-5-2-8-3-6-9;5*1-2;/h8H,1-7H2;;;;;;. The second kappa shape index (κ2) is 8.11. The SMILES string of the molecule is N#[C][Fe]([C]#N)([C]#N)([C]#N)[C]#N.NCCN1CCNCC1. The number of nitriles is 5.